The molecule has 48 heavy (non-hydrogen) atoms. The average Bonchev–Trinajstić information content (AvgIpc) is 3.80. The Bertz CT molecular complexity index is 1880. The molecule has 2 aromatic heterocycles. The lowest BCUT2D eigenvalue weighted by molar-refractivity contribution is -0.192. The number of hydrogen-bond acceptors (Lipinski definition) is 8. The smallest absolute Gasteiger partial charge is 0.475 e. The molecule has 11 nitrogen and oxygen atoms in total. The number of fused-ring (bicyclic) bond motifs is 2. The fraction of sp³-hybridized carbons (Fsp3) is 0.344. The van der Waals surface area contributed by atoms with E-state index in [2.05, 4.69) is 37.6 Å². The van der Waals surface area contributed by atoms with Crippen LogP contribution in [0.5, 0.6) is 0 Å². The Balaban J connectivity index is 0.000000473. The Morgan fingerprint density at radius 2 is 1.81 bits per heavy atom. The summed E-state index contributed by atoms with van der Waals surface area (Å²) in [6, 6.07) is 10.3. The lowest BCUT2D eigenvalue weighted by Crippen LogP contribution is -2.71. The molecular formula is C32H29F4N7O4S. The number of anilines is 2. The maximum atomic E-state index is 15.6. The molecular weight excluding hydrogens is 654 g/mol. The number of imidazole rings is 1. The van der Waals surface area contributed by atoms with Crippen LogP contribution in [0.2, 0.25) is 0 Å². The fourth-order valence-corrected chi connectivity index (χ4v) is 7.21. The zero-order valence-electron chi connectivity index (χ0n) is 25.3. The van der Waals surface area contributed by atoms with Crippen molar-refractivity contribution in [2.75, 3.05) is 36.4 Å². The molecule has 2 saturated heterocycles. The van der Waals surface area contributed by atoms with Crippen molar-refractivity contribution in [3.63, 3.8) is 0 Å². The molecule has 4 aromatic rings. The van der Waals surface area contributed by atoms with Crippen LogP contribution in [0.4, 0.5) is 28.4 Å². The lowest BCUT2D eigenvalue weighted by atomic mass is 9.74. The summed E-state index contributed by atoms with van der Waals surface area (Å²) < 4.78 is 49.4. The SMILES string of the molecule is O=C(Nc1nccs1)C(c1ncn2c1CCC2)N1Cc2c(F)cc(-c3ccc(N4CC5(CNC5)C4)cc3)cc2C1=O.O=C(O)C(F)(F)F. The predicted molar refractivity (Wildman–Crippen MR) is 167 cm³/mol. The molecule has 0 saturated carbocycles. The molecule has 2 amide bonds. The number of carbonyl (C=O) groups is 3. The number of aliphatic carboxylic acids is 1. The number of carboxylic acid groups (broad SMARTS) is 1. The van der Waals surface area contributed by atoms with Crippen LogP contribution in [0.15, 0.2) is 54.3 Å². The van der Waals surface area contributed by atoms with Gasteiger partial charge in [-0.15, -0.1) is 11.3 Å². The predicted octanol–water partition coefficient (Wildman–Crippen LogP) is 4.47. The van der Waals surface area contributed by atoms with E-state index in [1.165, 1.54) is 22.3 Å². The molecule has 4 aliphatic heterocycles. The second-order valence-corrected chi connectivity index (χ2v) is 13.2. The Morgan fingerprint density at radius 1 is 1.08 bits per heavy atom. The maximum absolute atomic E-state index is 15.6. The Labute approximate surface area is 275 Å². The van der Waals surface area contributed by atoms with Gasteiger partial charge in [0, 0.05) is 72.2 Å². The number of aromatic nitrogens is 3. The van der Waals surface area contributed by atoms with E-state index in [4.69, 9.17) is 9.90 Å². The van der Waals surface area contributed by atoms with Crippen molar-refractivity contribution in [3.05, 3.63) is 82.6 Å². The molecule has 1 unspecified atom stereocenters. The number of amides is 2. The van der Waals surface area contributed by atoms with E-state index in [0.717, 1.165) is 62.5 Å². The lowest BCUT2D eigenvalue weighted by Gasteiger charge is -2.57. The van der Waals surface area contributed by atoms with Gasteiger partial charge >= 0.3 is 12.1 Å². The fourth-order valence-electron chi connectivity index (χ4n) is 6.68. The van der Waals surface area contributed by atoms with Crippen molar-refractivity contribution in [3.8, 4) is 11.1 Å². The standard InChI is InChI=1S/C30H28FN7O2S.C2HF3O2/c31-23-11-19(18-3-5-20(6-4-18)37-15-30(16-37)13-32-14-30)10-21-22(23)12-38(28(21)40)26(27(39)35-29-33-7-9-41-29)25-24-2-1-8-36(24)17-34-25;3-2(4,5)1(6)7/h3-7,9-11,17,26,32H,1-2,8,12-16H2,(H,33,35,39);(H,6,7). The first-order valence-corrected chi connectivity index (χ1v) is 16.0. The Hall–Kier alpha value is -4.83. The molecule has 250 valence electrons. The highest BCUT2D eigenvalue weighted by atomic mass is 32.1. The van der Waals surface area contributed by atoms with Crippen LogP contribution in [0.1, 0.15) is 39.8 Å². The highest BCUT2D eigenvalue weighted by molar-refractivity contribution is 7.13. The van der Waals surface area contributed by atoms with Gasteiger partial charge in [0.05, 0.1) is 18.6 Å². The third-order valence-electron chi connectivity index (χ3n) is 9.15. The van der Waals surface area contributed by atoms with Gasteiger partial charge in [-0.2, -0.15) is 13.2 Å². The third-order valence-corrected chi connectivity index (χ3v) is 9.84. The summed E-state index contributed by atoms with van der Waals surface area (Å²) in [7, 11) is 0. The van der Waals surface area contributed by atoms with Crippen LogP contribution >= 0.6 is 11.3 Å². The largest absolute Gasteiger partial charge is 0.490 e. The number of nitrogens with one attached hydrogen (secondary N) is 2. The van der Waals surface area contributed by atoms with Gasteiger partial charge < -0.3 is 24.8 Å². The normalized spacial score (nSPS) is 18.0. The van der Waals surface area contributed by atoms with E-state index in [9.17, 15) is 22.8 Å². The highest BCUT2D eigenvalue weighted by Crippen LogP contribution is 2.40. The summed E-state index contributed by atoms with van der Waals surface area (Å²) in [4.78, 5) is 49.0. The number of thiazole rings is 1. The zero-order chi connectivity index (χ0) is 33.8. The van der Waals surface area contributed by atoms with Gasteiger partial charge in [0.25, 0.3) is 11.8 Å². The molecule has 0 radical (unpaired) electrons. The number of halogens is 4. The van der Waals surface area contributed by atoms with Gasteiger partial charge in [-0.3, -0.25) is 14.9 Å². The summed E-state index contributed by atoms with van der Waals surface area (Å²) >= 11 is 1.30. The first-order chi connectivity index (χ1) is 22.9. The van der Waals surface area contributed by atoms with Gasteiger partial charge in [-0.25, -0.2) is 19.2 Å². The first-order valence-electron chi connectivity index (χ1n) is 15.2. The maximum Gasteiger partial charge on any atom is 0.490 e. The van der Waals surface area contributed by atoms with Gasteiger partial charge in [-0.05, 0) is 48.2 Å². The van der Waals surface area contributed by atoms with E-state index in [1.807, 2.05) is 16.7 Å². The second-order valence-electron chi connectivity index (χ2n) is 12.3. The van der Waals surface area contributed by atoms with Crippen LogP contribution < -0.4 is 15.5 Å². The van der Waals surface area contributed by atoms with Crippen LogP contribution in [-0.2, 0) is 29.1 Å². The van der Waals surface area contributed by atoms with Crippen LogP contribution in [0.25, 0.3) is 11.1 Å². The number of alkyl halides is 3. The minimum Gasteiger partial charge on any atom is -0.475 e. The molecule has 6 heterocycles. The van der Waals surface area contributed by atoms with Crippen molar-refractivity contribution >= 4 is 39.9 Å². The number of carbonyl (C=O) groups excluding carboxylic acids is 2. The average molecular weight is 684 g/mol. The number of benzene rings is 2. The summed E-state index contributed by atoms with van der Waals surface area (Å²) in [5.41, 5.74) is 5.13. The quantitative estimate of drug-likeness (QED) is 0.254. The van der Waals surface area contributed by atoms with Crippen LogP contribution in [-0.4, -0.2) is 74.7 Å². The first kappa shape index (κ1) is 31.8. The minimum atomic E-state index is -5.08. The number of carboxylic acids is 1. The van der Waals surface area contributed by atoms with Crippen LogP contribution in [0, 0.1) is 11.2 Å². The van der Waals surface area contributed by atoms with E-state index >= 15 is 4.39 Å². The Kier molecular flexibility index (Phi) is 7.94. The molecule has 0 aliphatic carbocycles. The third kappa shape index (κ3) is 5.78. The second kappa shape index (κ2) is 12.0. The van der Waals surface area contributed by atoms with Crippen LogP contribution in [0.3, 0.4) is 0 Å². The number of rotatable bonds is 6. The molecule has 2 aromatic carbocycles. The van der Waals surface area contributed by atoms with E-state index in [1.54, 1.807) is 24.0 Å². The molecule has 8 rings (SSSR count). The van der Waals surface area contributed by atoms with Gasteiger partial charge in [-0.1, -0.05) is 12.1 Å². The van der Waals surface area contributed by atoms with Gasteiger partial charge in [0.1, 0.15) is 5.82 Å². The number of hydrogen-bond donors (Lipinski definition) is 3. The van der Waals surface area contributed by atoms with Crippen molar-refractivity contribution in [1.82, 2.24) is 24.8 Å². The highest BCUT2D eigenvalue weighted by Gasteiger charge is 2.47. The molecule has 2 fully saturated rings. The summed E-state index contributed by atoms with van der Waals surface area (Å²) in [5, 5.41) is 15.5. The van der Waals surface area contributed by atoms with Crippen molar-refractivity contribution < 1.29 is 37.1 Å². The molecule has 0 bridgehead atoms. The molecule has 16 heteroatoms. The molecule has 3 N–H and O–H groups in total. The zero-order valence-corrected chi connectivity index (χ0v) is 26.1. The molecule has 1 spiro atoms. The molecule has 1 atom stereocenters. The van der Waals surface area contributed by atoms with E-state index in [0.29, 0.717) is 27.4 Å². The van der Waals surface area contributed by atoms with Crippen molar-refractivity contribution in [1.29, 1.82) is 0 Å². The minimum absolute atomic E-state index is 0.00690. The Morgan fingerprint density at radius 3 is 2.44 bits per heavy atom. The molecule has 4 aliphatic rings. The summed E-state index contributed by atoms with van der Waals surface area (Å²) in [5.74, 6) is -3.99. The van der Waals surface area contributed by atoms with Crippen molar-refractivity contribution in [2.45, 2.75) is 38.1 Å². The topological polar surface area (TPSA) is 133 Å². The summed E-state index contributed by atoms with van der Waals surface area (Å²) in [6.07, 6.45) is -0.0299. The number of nitrogens with zero attached hydrogens (tertiary/aromatic N) is 5. The van der Waals surface area contributed by atoms with Crippen molar-refractivity contribution in [2.24, 2.45) is 5.41 Å². The van der Waals surface area contributed by atoms with Gasteiger partial charge in [0.15, 0.2) is 11.2 Å². The number of aryl methyl sites for hydroxylation is 1. The summed E-state index contributed by atoms with van der Waals surface area (Å²) in [6.45, 7) is 5.08. The van der Waals surface area contributed by atoms with Gasteiger partial charge in [0.2, 0.25) is 0 Å². The van der Waals surface area contributed by atoms with E-state index in [-0.39, 0.29) is 18.0 Å². The monoisotopic (exact) mass is 683 g/mol. The van der Waals surface area contributed by atoms with E-state index < -0.39 is 29.9 Å².